The standard InChI is InChI=1S/C20H19N3O4/c1-13-7-2-3-8-14(13)18(25)22-21-17(24)11-6-12-23-19(26)15-9-4-5-10-16(15)20(23)27/h2-5,7-10H,6,11-12H2,1H3,(H,21,24)(H,22,25). The van der Waals surface area contributed by atoms with Crippen molar-refractivity contribution < 1.29 is 19.2 Å². The van der Waals surface area contributed by atoms with Crippen LogP contribution in [-0.4, -0.2) is 35.1 Å². The van der Waals surface area contributed by atoms with Crippen LogP contribution in [0.1, 0.15) is 49.5 Å². The largest absolute Gasteiger partial charge is 0.274 e. The number of fused-ring (bicyclic) bond motifs is 1. The minimum absolute atomic E-state index is 0.0709. The minimum atomic E-state index is -0.401. The molecule has 0 saturated carbocycles. The zero-order valence-corrected chi connectivity index (χ0v) is 14.8. The van der Waals surface area contributed by atoms with E-state index in [1.165, 1.54) is 0 Å². The molecule has 0 atom stereocenters. The van der Waals surface area contributed by atoms with Gasteiger partial charge in [0.2, 0.25) is 5.91 Å². The van der Waals surface area contributed by atoms with Gasteiger partial charge in [0.15, 0.2) is 0 Å². The molecule has 2 aromatic carbocycles. The Balaban J connectivity index is 1.45. The third-order valence-corrected chi connectivity index (χ3v) is 4.37. The smallest absolute Gasteiger partial charge is 0.269 e. The summed E-state index contributed by atoms with van der Waals surface area (Å²) in [6.45, 7) is 1.95. The molecule has 7 heteroatoms. The monoisotopic (exact) mass is 365 g/mol. The van der Waals surface area contributed by atoms with Gasteiger partial charge in [-0.25, -0.2) is 0 Å². The first-order valence-corrected chi connectivity index (χ1v) is 8.59. The maximum Gasteiger partial charge on any atom is 0.269 e. The average Bonchev–Trinajstić information content (AvgIpc) is 2.91. The van der Waals surface area contributed by atoms with E-state index in [2.05, 4.69) is 10.9 Å². The van der Waals surface area contributed by atoms with Gasteiger partial charge in [-0.1, -0.05) is 30.3 Å². The summed E-state index contributed by atoms with van der Waals surface area (Å²) in [7, 11) is 0. The molecule has 2 aromatic rings. The Bertz CT molecular complexity index is 888. The molecule has 0 saturated heterocycles. The number of carbonyl (C=O) groups is 4. The quantitative estimate of drug-likeness (QED) is 0.624. The van der Waals surface area contributed by atoms with Crippen LogP contribution < -0.4 is 10.9 Å². The van der Waals surface area contributed by atoms with E-state index in [9.17, 15) is 19.2 Å². The fourth-order valence-electron chi connectivity index (χ4n) is 2.92. The van der Waals surface area contributed by atoms with Gasteiger partial charge in [-0.15, -0.1) is 0 Å². The number of nitrogens with one attached hydrogen (secondary N) is 2. The first-order chi connectivity index (χ1) is 13.0. The van der Waals surface area contributed by atoms with E-state index in [4.69, 9.17) is 0 Å². The van der Waals surface area contributed by atoms with Crippen molar-refractivity contribution >= 4 is 23.6 Å². The molecule has 0 aromatic heterocycles. The molecular formula is C20H19N3O4. The molecule has 1 aliphatic rings. The number of hydrazine groups is 1. The summed E-state index contributed by atoms with van der Waals surface area (Å²) in [6, 6.07) is 13.7. The first-order valence-electron chi connectivity index (χ1n) is 8.59. The fourth-order valence-corrected chi connectivity index (χ4v) is 2.92. The summed E-state index contributed by atoms with van der Waals surface area (Å²) >= 11 is 0. The highest BCUT2D eigenvalue weighted by Crippen LogP contribution is 2.22. The number of amides is 4. The maximum absolute atomic E-state index is 12.2. The lowest BCUT2D eigenvalue weighted by atomic mass is 10.1. The van der Waals surface area contributed by atoms with Crippen LogP contribution in [-0.2, 0) is 4.79 Å². The highest BCUT2D eigenvalue weighted by atomic mass is 16.2. The summed E-state index contributed by atoms with van der Waals surface area (Å²) in [6.07, 6.45) is 0.374. The lowest BCUT2D eigenvalue weighted by Crippen LogP contribution is -2.42. The predicted molar refractivity (Wildman–Crippen MR) is 97.8 cm³/mol. The fraction of sp³-hybridized carbons (Fsp3) is 0.200. The lowest BCUT2D eigenvalue weighted by Gasteiger charge is -2.13. The number of rotatable bonds is 5. The normalized spacial score (nSPS) is 12.7. The number of hydrogen-bond donors (Lipinski definition) is 2. The van der Waals surface area contributed by atoms with E-state index >= 15 is 0 Å². The number of imide groups is 1. The average molecular weight is 365 g/mol. The Hall–Kier alpha value is -3.48. The highest BCUT2D eigenvalue weighted by Gasteiger charge is 2.34. The second-order valence-corrected chi connectivity index (χ2v) is 6.23. The second-order valence-electron chi connectivity index (χ2n) is 6.23. The van der Waals surface area contributed by atoms with E-state index in [1.54, 1.807) is 49.4 Å². The SMILES string of the molecule is Cc1ccccc1C(=O)NNC(=O)CCCN1C(=O)c2ccccc2C1=O. The van der Waals surface area contributed by atoms with E-state index in [1.807, 2.05) is 6.07 Å². The second kappa shape index (κ2) is 7.82. The Morgan fingerprint density at radius 3 is 2.11 bits per heavy atom. The van der Waals surface area contributed by atoms with Gasteiger partial charge in [0.05, 0.1) is 11.1 Å². The molecule has 0 radical (unpaired) electrons. The van der Waals surface area contributed by atoms with E-state index < -0.39 is 11.8 Å². The van der Waals surface area contributed by atoms with Crippen LogP contribution in [0.25, 0.3) is 0 Å². The van der Waals surface area contributed by atoms with Gasteiger partial charge in [0.25, 0.3) is 17.7 Å². The summed E-state index contributed by atoms with van der Waals surface area (Å²) in [5.41, 5.74) is 6.76. The summed E-state index contributed by atoms with van der Waals surface area (Å²) in [5.74, 6) is -1.48. The summed E-state index contributed by atoms with van der Waals surface area (Å²) in [4.78, 5) is 49.6. The molecule has 4 amide bonds. The third-order valence-electron chi connectivity index (χ3n) is 4.37. The van der Waals surface area contributed by atoms with Gasteiger partial charge in [-0.3, -0.25) is 34.9 Å². The Labute approximate surface area is 156 Å². The topological polar surface area (TPSA) is 95.6 Å². The number of hydrogen-bond acceptors (Lipinski definition) is 4. The summed E-state index contributed by atoms with van der Waals surface area (Å²) < 4.78 is 0. The van der Waals surface area contributed by atoms with Crippen LogP contribution in [0.3, 0.4) is 0 Å². The van der Waals surface area contributed by atoms with Crippen LogP contribution in [0, 0.1) is 6.92 Å². The molecule has 138 valence electrons. The zero-order chi connectivity index (χ0) is 19.4. The number of nitrogens with zero attached hydrogens (tertiary/aromatic N) is 1. The molecule has 0 unspecified atom stereocenters. The third kappa shape index (κ3) is 3.87. The Kier molecular flexibility index (Phi) is 5.30. The van der Waals surface area contributed by atoms with E-state index in [0.29, 0.717) is 23.1 Å². The minimum Gasteiger partial charge on any atom is -0.274 e. The van der Waals surface area contributed by atoms with Gasteiger partial charge < -0.3 is 0 Å². The molecule has 2 N–H and O–H groups in total. The zero-order valence-electron chi connectivity index (χ0n) is 14.8. The Morgan fingerprint density at radius 2 is 1.48 bits per heavy atom. The van der Waals surface area contributed by atoms with Gasteiger partial charge in [0.1, 0.15) is 0 Å². The molecule has 1 heterocycles. The number of carbonyl (C=O) groups excluding carboxylic acids is 4. The van der Waals surface area contributed by atoms with Crippen LogP contribution in [0.4, 0.5) is 0 Å². The lowest BCUT2D eigenvalue weighted by molar-refractivity contribution is -0.122. The van der Waals surface area contributed by atoms with Gasteiger partial charge in [-0.2, -0.15) is 0 Å². The van der Waals surface area contributed by atoms with Crippen molar-refractivity contribution in [1.82, 2.24) is 15.8 Å². The van der Waals surface area contributed by atoms with Gasteiger partial charge in [0, 0.05) is 18.5 Å². The van der Waals surface area contributed by atoms with Crippen LogP contribution in [0.5, 0.6) is 0 Å². The van der Waals surface area contributed by atoms with E-state index in [-0.39, 0.29) is 24.8 Å². The van der Waals surface area contributed by atoms with Crippen molar-refractivity contribution in [3.05, 3.63) is 70.8 Å². The molecule has 0 aliphatic carbocycles. The van der Waals surface area contributed by atoms with Crippen LogP contribution in [0.2, 0.25) is 0 Å². The molecular weight excluding hydrogens is 346 g/mol. The van der Waals surface area contributed by atoms with Crippen molar-refractivity contribution in [3.63, 3.8) is 0 Å². The van der Waals surface area contributed by atoms with Crippen molar-refractivity contribution in [2.45, 2.75) is 19.8 Å². The summed E-state index contributed by atoms with van der Waals surface area (Å²) in [5, 5.41) is 0. The van der Waals surface area contributed by atoms with E-state index in [0.717, 1.165) is 10.5 Å². The van der Waals surface area contributed by atoms with Crippen molar-refractivity contribution in [2.24, 2.45) is 0 Å². The number of benzene rings is 2. The highest BCUT2D eigenvalue weighted by molar-refractivity contribution is 6.21. The molecule has 0 bridgehead atoms. The number of aryl methyl sites for hydroxylation is 1. The molecule has 0 fully saturated rings. The van der Waals surface area contributed by atoms with Crippen molar-refractivity contribution in [2.75, 3.05) is 6.54 Å². The van der Waals surface area contributed by atoms with Crippen LogP contribution in [0.15, 0.2) is 48.5 Å². The first kappa shape index (κ1) is 18.3. The maximum atomic E-state index is 12.2. The molecule has 7 nitrogen and oxygen atoms in total. The molecule has 27 heavy (non-hydrogen) atoms. The van der Waals surface area contributed by atoms with Crippen molar-refractivity contribution in [1.29, 1.82) is 0 Å². The van der Waals surface area contributed by atoms with Crippen LogP contribution >= 0.6 is 0 Å². The van der Waals surface area contributed by atoms with Gasteiger partial charge >= 0.3 is 0 Å². The molecule has 3 rings (SSSR count). The van der Waals surface area contributed by atoms with Crippen molar-refractivity contribution in [3.8, 4) is 0 Å². The Morgan fingerprint density at radius 1 is 0.889 bits per heavy atom. The van der Waals surface area contributed by atoms with Gasteiger partial charge in [-0.05, 0) is 37.1 Å². The molecule has 1 aliphatic heterocycles. The predicted octanol–water partition coefficient (Wildman–Crippen LogP) is 1.83. The molecule has 0 spiro atoms.